The van der Waals surface area contributed by atoms with Crippen molar-refractivity contribution >= 4 is 23.5 Å². The molecule has 1 aliphatic carbocycles. The van der Waals surface area contributed by atoms with Gasteiger partial charge in [-0.2, -0.15) is 5.10 Å². The second kappa shape index (κ2) is 7.98. The Hall–Kier alpha value is -1.62. The number of para-hydroxylation sites is 1. The molecule has 1 aliphatic rings. The van der Waals surface area contributed by atoms with Gasteiger partial charge in [0.2, 0.25) is 0 Å². The van der Waals surface area contributed by atoms with Gasteiger partial charge in [-0.15, -0.1) is 0 Å². The molecule has 0 aliphatic heterocycles. The molecule has 0 heterocycles. The van der Waals surface area contributed by atoms with E-state index in [2.05, 4.69) is 22.8 Å². The molecule has 0 spiro atoms. The number of methoxy groups -OCH3 is 1. The molecule has 1 aromatic rings. The predicted molar refractivity (Wildman–Crippen MR) is 90.9 cm³/mol. The van der Waals surface area contributed by atoms with E-state index in [9.17, 15) is 0 Å². The van der Waals surface area contributed by atoms with Gasteiger partial charge in [-0.1, -0.05) is 31.9 Å². The zero-order chi connectivity index (χ0) is 15.1. The first-order valence-electron chi connectivity index (χ1n) is 7.43. The Labute approximate surface area is 132 Å². The van der Waals surface area contributed by atoms with Crippen LogP contribution >= 0.6 is 12.2 Å². The van der Waals surface area contributed by atoms with Gasteiger partial charge in [0.1, 0.15) is 5.75 Å². The van der Waals surface area contributed by atoms with E-state index in [1.807, 2.05) is 24.3 Å². The summed E-state index contributed by atoms with van der Waals surface area (Å²) in [5.41, 5.74) is 3.80. The first-order valence-corrected chi connectivity index (χ1v) is 7.84. The van der Waals surface area contributed by atoms with Crippen molar-refractivity contribution in [1.29, 1.82) is 0 Å². The van der Waals surface area contributed by atoms with Crippen LogP contribution in [0.1, 0.15) is 38.2 Å². The smallest absolute Gasteiger partial charge is 0.187 e. The maximum Gasteiger partial charge on any atom is 0.187 e. The Morgan fingerprint density at radius 2 is 2.10 bits per heavy atom. The second-order valence-corrected chi connectivity index (χ2v) is 5.86. The van der Waals surface area contributed by atoms with E-state index in [1.54, 1.807) is 13.3 Å². The summed E-state index contributed by atoms with van der Waals surface area (Å²) in [7, 11) is 1.65. The van der Waals surface area contributed by atoms with Crippen molar-refractivity contribution in [2.75, 3.05) is 7.11 Å². The van der Waals surface area contributed by atoms with Crippen molar-refractivity contribution in [1.82, 2.24) is 10.7 Å². The van der Waals surface area contributed by atoms with E-state index in [1.165, 1.54) is 25.7 Å². The molecular weight excluding hydrogens is 282 g/mol. The van der Waals surface area contributed by atoms with E-state index < -0.39 is 0 Å². The van der Waals surface area contributed by atoms with Gasteiger partial charge in [0.05, 0.1) is 13.3 Å². The summed E-state index contributed by atoms with van der Waals surface area (Å²) in [6.45, 7) is 2.28. The topological polar surface area (TPSA) is 45.6 Å². The number of hydrazone groups is 1. The molecule has 4 nitrogen and oxygen atoms in total. The average molecular weight is 305 g/mol. The Morgan fingerprint density at radius 1 is 1.33 bits per heavy atom. The zero-order valence-corrected chi connectivity index (χ0v) is 13.5. The lowest BCUT2D eigenvalue weighted by Gasteiger charge is -2.30. The number of hydrogen-bond acceptors (Lipinski definition) is 3. The molecule has 0 bridgehead atoms. The number of hydrogen-bond donors (Lipinski definition) is 2. The molecule has 1 saturated carbocycles. The number of thiocarbonyl (C=S) groups is 1. The fraction of sp³-hybridized carbons (Fsp3) is 0.500. The lowest BCUT2D eigenvalue weighted by atomic mass is 9.86. The first kappa shape index (κ1) is 15.8. The minimum Gasteiger partial charge on any atom is -0.496 e. The maximum absolute atomic E-state index is 5.30. The summed E-state index contributed by atoms with van der Waals surface area (Å²) >= 11 is 5.30. The summed E-state index contributed by atoms with van der Waals surface area (Å²) in [5, 5.41) is 8.12. The van der Waals surface area contributed by atoms with Crippen molar-refractivity contribution < 1.29 is 4.74 Å². The molecule has 1 fully saturated rings. The molecule has 114 valence electrons. The van der Waals surface area contributed by atoms with Crippen LogP contribution in [0.25, 0.3) is 0 Å². The van der Waals surface area contributed by atoms with Crippen LogP contribution in [0.3, 0.4) is 0 Å². The predicted octanol–water partition coefficient (Wildman–Crippen LogP) is 3.07. The van der Waals surface area contributed by atoms with Gasteiger partial charge in [0.15, 0.2) is 5.11 Å². The lowest BCUT2D eigenvalue weighted by Crippen LogP contribution is -2.44. The molecular formula is C16H23N3OS. The lowest BCUT2D eigenvalue weighted by molar-refractivity contribution is 0.308. The number of nitrogens with one attached hydrogen (secondary N) is 2. The zero-order valence-electron chi connectivity index (χ0n) is 12.6. The molecule has 21 heavy (non-hydrogen) atoms. The third kappa shape index (κ3) is 4.70. The van der Waals surface area contributed by atoms with Crippen molar-refractivity contribution in [3.05, 3.63) is 29.8 Å². The van der Waals surface area contributed by atoms with Gasteiger partial charge in [-0.05, 0) is 43.1 Å². The number of rotatable bonds is 4. The van der Waals surface area contributed by atoms with Gasteiger partial charge in [-0.25, -0.2) is 0 Å². The number of nitrogens with zero attached hydrogens (tertiary/aromatic N) is 1. The van der Waals surface area contributed by atoms with Crippen molar-refractivity contribution in [2.45, 2.75) is 38.6 Å². The summed E-state index contributed by atoms with van der Waals surface area (Å²) in [4.78, 5) is 0. The van der Waals surface area contributed by atoms with Crippen LogP contribution in [0.15, 0.2) is 29.4 Å². The largest absolute Gasteiger partial charge is 0.496 e. The van der Waals surface area contributed by atoms with Gasteiger partial charge >= 0.3 is 0 Å². The third-order valence-electron chi connectivity index (χ3n) is 3.94. The van der Waals surface area contributed by atoms with Crippen molar-refractivity contribution in [3.8, 4) is 5.75 Å². The molecule has 0 aromatic heterocycles. The minimum atomic E-state index is 0.459. The highest BCUT2D eigenvalue weighted by Gasteiger charge is 2.21. The fourth-order valence-electron chi connectivity index (χ4n) is 2.66. The molecule has 2 N–H and O–H groups in total. The average Bonchev–Trinajstić information content (AvgIpc) is 2.50. The van der Waals surface area contributed by atoms with Crippen molar-refractivity contribution in [3.63, 3.8) is 0 Å². The first-order chi connectivity index (χ1) is 10.2. The van der Waals surface area contributed by atoms with Crippen LogP contribution in [0.2, 0.25) is 0 Å². The Morgan fingerprint density at radius 3 is 2.86 bits per heavy atom. The standard InChI is InChI=1S/C16H23N3OS/c1-12-7-3-5-9-14(12)18-16(21)19-17-11-13-8-4-6-10-15(13)20-2/h4,6,8,10-12,14H,3,5,7,9H2,1-2H3,(H2,18,19,21)/b17-11-/t12-,14-/m1/s1. The van der Waals surface area contributed by atoms with Crippen LogP contribution in [0.5, 0.6) is 5.75 Å². The minimum absolute atomic E-state index is 0.459. The molecule has 0 radical (unpaired) electrons. The monoisotopic (exact) mass is 305 g/mol. The fourth-order valence-corrected chi connectivity index (χ4v) is 2.87. The molecule has 2 atom stereocenters. The number of ether oxygens (including phenoxy) is 1. The van der Waals surface area contributed by atoms with Crippen LogP contribution < -0.4 is 15.5 Å². The van der Waals surface area contributed by atoms with Crippen LogP contribution in [0, 0.1) is 5.92 Å². The van der Waals surface area contributed by atoms with Gasteiger partial charge < -0.3 is 10.1 Å². The number of benzene rings is 1. The highest BCUT2D eigenvalue weighted by Crippen LogP contribution is 2.23. The van der Waals surface area contributed by atoms with E-state index in [-0.39, 0.29) is 0 Å². The SMILES string of the molecule is COc1ccccc1/C=N\NC(=S)N[C@@H]1CCCC[C@H]1C. The summed E-state index contributed by atoms with van der Waals surface area (Å²) in [5.74, 6) is 1.46. The molecule has 2 rings (SSSR count). The van der Waals surface area contributed by atoms with Gasteiger partial charge in [0, 0.05) is 11.6 Å². The summed E-state index contributed by atoms with van der Waals surface area (Å²) in [6.07, 6.45) is 6.77. The Kier molecular flexibility index (Phi) is 5.99. The molecule has 5 heteroatoms. The van der Waals surface area contributed by atoms with Crippen LogP contribution in [0.4, 0.5) is 0 Å². The van der Waals surface area contributed by atoms with Crippen LogP contribution in [-0.4, -0.2) is 24.5 Å². The third-order valence-corrected chi connectivity index (χ3v) is 4.15. The van der Waals surface area contributed by atoms with Gasteiger partial charge in [-0.3, -0.25) is 5.43 Å². The quantitative estimate of drug-likeness (QED) is 0.510. The van der Waals surface area contributed by atoms with Gasteiger partial charge in [0.25, 0.3) is 0 Å². The molecule has 0 amide bonds. The van der Waals surface area contributed by atoms with E-state index >= 15 is 0 Å². The highest BCUT2D eigenvalue weighted by molar-refractivity contribution is 7.80. The normalized spacial score (nSPS) is 22.0. The highest BCUT2D eigenvalue weighted by atomic mass is 32.1. The van der Waals surface area contributed by atoms with Crippen LogP contribution in [-0.2, 0) is 0 Å². The van der Waals surface area contributed by atoms with E-state index in [0.717, 1.165) is 11.3 Å². The molecule has 0 saturated heterocycles. The Balaban J connectivity index is 1.84. The Bertz CT molecular complexity index is 504. The summed E-state index contributed by atoms with van der Waals surface area (Å²) in [6, 6.07) is 8.19. The maximum atomic E-state index is 5.30. The second-order valence-electron chi connectivity index (χ2n) is 5.45. The molecule has 1 aromatic carbocycles. The molecule has 0 unspecified atom stereocenters. The van der Waals surface area contributed by atoms with E-state index in [4.69, 9.17) is 17.0 Å². The summed E-state index contributed by atoms with van der Waals surface area (Å²) < 4.78 is 5.27. The van der Waals surface area contributed by atoms with Crippen molar-refractivity contribution in [2.24, 2.45) is 11.0 Å². The van der Waals surface area contributed by atoms with E-state index in [0.29, 0.717) is 17.1 Å².